The minimum absolute atomic E-state index is 0.360. The number of esters is 1. The van der Waals surface area contributed by atoms with E-state index in [4.69, 9.17) is 4.74 Å². The molecule has 0 radical (unpaired) electrons. The quantitative estimate of drug-likeness (QED) is 0.654. The molecule has 0 saturated heterocycles. The third-order valence-electron chi connectivity index (χ3n) is 1.73. The number of hydrogen-bond donors (Lipinski definition) is 1. The van der Waals surface area contributed by atoms with Crippen LogP contribution in [-0.2, 0) is 9.53 Å². The van der Waals surface area contributed by atoms with E-state index in [1.165, 1.54) is 0 Å². The third-order valence-corrected chi connectivity index (χ3v) is 1.73. The van der Waals surface area contributed by atoms with E-state index >= 15 is 0 Å². The lowest BCUT2D eigenvalue weighted by atomic mass is 10.1. The number of carbonyl (C=O) groups excluding carboxylic acids is 1. The summed E-state index contributed by atoms with van der Waals surface area (Å²) in [6.07, 6.45) is 0.741. The van der Waals surface area contributed by atoms with Crippen LogP contribution in [0.15, 0.2) is 21.6 Å². The standard InChI is InChI=1S/C8H13N3O2/c1-3-13-8(12)7-6(2)4-5-9-11-10-7/h3-5H2,1-2H3,(H,9,10). The highest BCUT2D eigenvalue weighted by molar-refractivity contribution is 5.88. The van der Waals surface area contributed by atoms with Crippen molar-refractivity contribution >= 4 is 5.97 Å². The molecule has 1 aliphatic rings. The van der Waals surface area contributed by atoms with Gasteiger partial charge in [0.2, 0.25) is 0 Å². The molecular weight excluding hydrogens is 170 g/mol. The minimum Gasteiger partial charge on any atom is -0.461 e. The van der Waals surface area contributed by atoms with Crippen LogP contribution in [0.3, 0.4) is 0 Å². The Morgan fingerprint density at radius 2 is 2.46 bits per heavy atom. The summed E-state index contributed by atoms with van der Waals surface area (Å²) in [7, 11) is 0. The number of carbonyl (C=O) groups is 1. The number of nitrogens with one attached hydrogen (secondary N) is 1. The van der Waals surface area contributed by atoms with Gasteiger partial charge < -0.3 is 4.74 Å². The van der Waals surface area contributed by atoms with Crippen LogP contribution < -0.4 is 5.43 Å². The van der Waals surface area contributed by atoms with Gasteiger partial charge in [0.25, 0.3) is 0 Å². The van der Waals surface area contributed by atoms with Crippen molar-refractivity contribution in [3.8, 4) is 0 Å². The maximum Gasteiger partial charge on any atom is 0.356 e. The first kappa shape index (κ1) is 9.70. The number of rotatable bonds is 2. The zero-order valence-electron chi connectivity index (χ0n) is 7.83. The zero-order chi connectivity index (χ0) is 9.68. The Labute approximate surface area is 76.8 Å². The normalized spacial score (nSPS) is 16.5. The van der Waals surface area contributed by atoms with Gasteiger partial charge in [0.1, 0.15) is 5.70 Å². The number of hydrogen-bond acceptors (Lipinski definition) is 5. The molecule has 0 unspecified atom stereocenters. The predicted octanol–water partition coefficient (Wildman–Crippen LogP) is 1.18. The van der Waals surface area contributed by atoms with Gasteiger partial charge in [-0.2, -0.15) is 5.11 Å². The smallest absolute Gasteiger partial charge is 0.356 e. The van der Waals surface area contributed by atoms with Crippen molar-refractivity contribution in [3.63, 3.8) is 0 Å². The molecule has 0 spiro atoms. The number of ether oxygens (including phenoxy) is 1. The van der Waals surface area contributed by atoms with E-state index in [0.717, 1.165) is 12.0 Å². The molecule has 13 heavy (non-hydrogen) atoms. The Bertz CT molecular complexity index is 258. The molecule has 5 nitrogen and oxygen atoms in total. The van der Waals surface area contributed by atoms with Crippen LogP contribution in [0, 0.1) is 0 Å². The van der Waals surface area contributed by atoms with Gasteiger partial charge in [0, 0.05) is 0 Å². The highest BCUT2D eigenvalue weighted by Crippen LogP contribution is 2.10. The molecule has 0 aliphatic carbocycles. The van der Waals surface area contributed by atoms with Crippen LogP contribution >= 0.6 is 0 Å². The summed E-state index contributed by atoms with van der Waals surface area (Å²) in [6.45, 7) is 4.62. The second kappa shape index (κ2) is 4.59. The molecule has 0 aromatic heterocycles. The lowest BCUT2D eigenvalue weighted by molar-refractivity contribution is -0.139. The van der Waals surface area contributed by atoms with E-state index < -0.39 is 0 Å². The summed E-state index contributed by atoms with van der Waals surface area (Å²) in [4.78, 5) is 11.3. The van der Waals surface area contributed by atoms with E-state index in [2.05, 4.69) is 15.8 Å². The largest absolute Gasteiger partial charge is 0.461 e. The van der Waals surface area contributed by atoms with Gasteiger partial charge in [0.05, 0.1) is 13.2 Å². The van der Waals surface area contributed by atoms with Crippen LogP contribution in [0.1, 0.15) is 20.3 Å². The maximum absolute atomic E-state index is 11.3. The van der Waals surface area contributed by atoms with E-state index in [1.54, 1.807) is 6.92 Å². The van der Waals surface area contributed by atoms with Crippen LogP contribution in [0.5, 0.6) is 0 Å². The third kappa shape index (κ3) is 2.54. The van der Waals surface area contributed by atoms with Crippen molar-refractivity contribution < 1.29 is 9.53 Å². The topological polar surface area (TPSA) is 63.0 Å². The lowest BCUT2D eigenvalue weighted by Gasteiger charge is -2.06. The molecule has 0 aromatic rings. The first-order valence-electron chi connectivity index (χ1n) is 4.25. The average molecular weight is 183 g/mol. The minimum atomic E-state index is -0.360. The Morgan fingerprint density at radius 3 is 3.15 bits per heavy atom. The molecule has 1 aliphatic heterocycles. The van der Waals surface area contributed by atoms with Crippen molar-refractivity contribution in [2.45, 2.75) is 20.3 Å². The van der Waals surface area contributed by atoms with Crippen LogP contribution in [0.25, 0.3) is 0 Å². The maximum atomic E-state index is 11.3. The average Bonchev–Trinajstić information content (AvgIpc) is 2.30. The van der Waals surface area contributed by atoms with Crippen molar-refractivity contribution in [2.75, 3.05) is 13.2 Å². The van der Waals surface area contributed by atoms with Gasteiger partial charge in [0.15, 0.2) is 0 Å². The van der Waals surface area contributed by atoms with Gasteiger partial charge in [-0.25, -0.2) is 4.79 Å². The highest BCUT2D eigenvalue weighted by Gasteiger charge is 2.14. The first-order chi connectivity index (χ1) is 6.25. The van der Waals surface area contributed by atoms with Gasteiger partial charge in [-0.15, -0.1) is 0 Å². The lowest BCUT2D eigenvalue weighted by Crippen LogP contribution is -2.19. The van der Waals surface area contributed by atoms with Gasteiger partial charge in [-0.1, -0.05) is 5.22 Å². The van der Waals surface area contributed by atoms with Crippen molar-refractivity contribution in [1.29, 1.82) is 0 Å². The first-order valence-corrected chi connectivity index (χ1v) is 4.25. The summed E-state index contributed by atoms with van der Waals surface area (Å²) in [5.41, 5.74) is 3.93. The van der Waals surface area contributed by atoms with E-state index in [1.807, 2.05) is 6.92 Å². The number of nitrogens with zero attached hydrogens (tertiary/aromatic N) is 2. The highest BCUT2D eigenvalue weighted by atomic mass is 16.5. The summed E-state index contributed by atoms with van der Waals surface area (Å²) in [5.74, 6) is -0.360. The zero-order valence-corrected chi connectivity index (χ0v) is 7.83. The monoisotopic (exact) mass is 183 g/mol. The summed E-state index contributed by atoms with van der Waals surface area (Å²) >= 11 is 0. The molecule has 0 atom stereocenters. The fraction of sp³-hybridized carbons (Fsp3) is 0.625. The second-order valence-corrected chi connectivity index (χ2v) is 2.70. The molecule has 0 saturated carbocycles. The molecule has 1 N–H and O–H groups in total. The molecule has 0 fully saturated rings. The fourth-order valence-electron chi connectivity index (χ4n) is 0.997. The molecule has 72 valence electrons. The molecule has 5 heteroatoms. The summed E-state index contributed by atoms with van der Waals surface area (Å²) in [5, 5.41) is 7.40. The van der Waals surface area contributed by atoms with Gasteiger partial charge in [-0.3, -0.25) is 5.43 Å². The summed E-state index contributed by atoms with van der Waals surface area (Å²) in [6, 6.07) is 0. The van der Waals surface area contributed by atoms with E-state index in [0.29, 0.717) is 18.8 Å². The van der Waals surface area contributed by atoms with E-state index in [9.17, 15) is 4.79 Å². The summed E-state index contributed by atoms with van der Waals surface area (Å²) < 4.78 is 4.85. The SMILES string of the molecule is CCOC(=O)C1=C(C)CCN=NN1. The van der Waals surface area contributed by atoms with Crippen LogP contribution in [0.4, 0.5) is 0 Å². The van der Waals surface area contributed by atoms with Crippen molar-refractivity contribution in [3.05, 3.63) is 11.3 Å². The van der Waals surface area contributed by atoms with Crippen molar-refractivity contribution in [1.82, 2.24) is 5.43 Å². The van der Waals surface area contributed by atoms with Gasteiger partial charge >= 0.3 is 5.97 Å². The predicted molar refractivity (Wildman–Crippen MR) is 46.8 cm³/mol. The van der Waals surface area contributed by atoms with Gasteiger partial charge in [-0.05, 0) is 25.8 Å². The Balaban J connectivity index is 2.73. The second-order valence-electron chi connectivity index (χ2n) is 2.70. The van der Waals surface area contributed by atoms with Crippen molar-refractivity contribution in [2.24, 2.45) is 10.3 Å². The van der Waals surface area contributed by atoms with Crippen LogP contribution in [0.2, 0.25) is 0 Å². The Morgan fingerprint density at radius 1 is 1.69 bits per heavy atom. The van der Waals surface area contributed by atoms with E-state index in [-0.39, 0.29) is 5.97 Å². The molecule has 0 bridgehead atoms. The Hall–Kier alpha value is -1.39. The van der Waals surface area contributed by atoms with Crippen LogP contribution in [-0.4, -0.2) is 19.1 Å². The molecular formula is C8H13N3O2. The molecule has 1 heterocycles. The molecule has 0 amide bonds. The fourth-order valence-corrected chi connectivity index (χ4v) is 0.997. The molecule has 0 aromatic carbocycles. The Kier molecular flexibility index (Phi) is 3.42. The molecule has 1 rings (SSSR count).